The minimum atomic E-state index is -0.311. The second kappa shape index (κ2) is 7.31. The maximum atomic E-state index is 11.6. The first-order valence-electron chi connectivity index (χ1n) is 6.25. The summed E-state index contributed by atoms with van der Waals surface area (Å²) in [6.07, 6.45) is 8.89. The summed E-state index contributed by atoms with van der Waals surface area (Å²) >= 11 is 0. The molecular weight excluding hydrogens is 216 g/mol. The van der Waals surface area contributed by atoms with Crippen LogP contribution in [-0.2, 0) is 4.79 Å². The molecule has 96 valence electrons. The number of aliphatic hydroxyl groups excluding tert-OH is 1. The molecule has 0 bridgehead atoms. The van der Waals surface area contributed by atoms with Crippen LogP contribution in [0.15, 0.2) is 0 Å². The lowest BCUT2D eigenvalue weighted by molar-refractivity contribution is -0.123. The molecule has 2 atom stereocenters. The Bertz CT molecular complexity index is 284. The third-order valence-corrected chi connectivity index (χ3v) is 3.10. The third kappa shape index (κ3) is 5.20. The first-order valence-corrected chi connectivity index (χ1v) is 6.25. The molecule has 0 aliphatic carbocycles. The zero-order chi connectivity index (χ0) is 12.7. The van der Waals surface area contributed by atoms with Crippen LogP contribution >= 0.6 is 0 Å². The van der Waals surface area contributed by atoms with Gasteiger partial charge in [0, 0.05) is 6.04 Å². The predicted molar refractivity (Wildman–Crippen MR) is 67.4 cm³/mol. The Kier molecular flexibility index (Phi) is 6.03. The molecule has 17 heavy (non-hydrogen) atoms. The molecule has 2 unspecified atom stereocenters. The van der Waals surface area contributed by atoms with Crippen LogP contribution in [0.3, 0.4) is 0 Å². The van der Waals surface area contributed by atoms with Gasteiger partial charge >= 0.3 is 0 Å². The van der Waals surface area contributed by atoms with Crippen LogP contribution < -0.4 is 5.32 Å². The molecular formula is C13H22N2O2. The Morgan fingerprint density at radius 3 is 3.06 bits per heavy atom. The number of hydrogen-bond acceptors (Lipinski definition) is 3. The molecule has 1 amide bonds. The van der Waals surface area contributed by atoms with Crippen LogP contribution in [0.5, 0.6) is 0 Å². The molecule has 1 aliphatic heterocycles. The Balaban J connectivity index is 2.42. The van der Waals surface area contributed by atoms with Crippen molar-refractivity contribution in [2.75, 3.05) is 19.6 Å². The first kappa shape index (κ1) is 14.0. The molecule has 0 aromatic carbocycles. The molecule has 1 saturated heterocycles. The highest BCUT2D eigenvalue weighted by Crippen LogP contribution is 2.20. The minimum absolute atomic E-state index is 0.0274. The van der Waals surface area contributed by atoms with Crippen LogP contribution in [0.4, 0.5) is 0 Å². The van der Waals surface area contributed by atoms with Gasteiger partial charge in [0.05, 0.1) is 19.2 Å². The van der Waals surface area contributed by atoms with E-state index in [9.17, 15) is 9.90 Å². The van der Waals surface area contributed by atoms with Gasteiger partial charge in [-0.3, -0.25) is 9.69 Å². The SMILES string of the molecule is C#CCNC(=O)CN1CCCCC1CC(C)O. The number of terminal acetylenes is 1. The number of hydrogen-bond donors (Lipinski definition) is 2. The molecule has 1 rings (SSSR count). The van der Waals surface area contributed by atoms with Crippen molar-refractivity contribution < 1.29 is 9.90 Å². The van der Waals surface area contributed by atoms with Crippen molar-refractivity contribution in [3.8, 4) is 12.3 Å². The maximum Gasteiger partial charge on any atom is 0.234 e. The smallest absolute Gasteiger partial charge is 0.234 e. The number of carbonyl (C=O) groups is 1. The Hall–Kier alpha value is -1.05. The Labute approximate surface area is 103 Å². The number of carbonyl (C=O) groups excluding carboxylic acids is 1. The maximum absolute atomic E-state index is 11.6. The van der Waals surface area contributed by atoms with E-state index in [1.807, 2.05) is 0 Å². The molecule has 1 aliphatic rings. The van der Waals surface area contributed by atoms with E-state index in [2.05, 4.69) is 16.1 Å². The van der Waals surface area contributed by atoms with Crippen molar-refractivity contribution >= 4 is 5.91 Å². The van der Waals surface area contributed by atoms with E-state index >= 15 is 0 Å². The van der Waals surface area contributed by atoms with E-state index in [1.54, 1.807) is 6.92 Å². The van der Waals surface area contributed by atoms with Gasteiger partial charge in [-0.2, -0.15) is 0 Å². The number of aliphatic hydroxyl groups is 1. The van der Waals surface area contributed by atoms with Crippen molar-refractivity contribution in [2.24, 2.45) is 0 Å². The summed E-state index contributed by atoms with van der Waals surface area (Å²) in [6, 6.07) is 0.320. The summed E-state index contributed by atoms with van der Waals surface area (Å²) in [7, 11) is 0. The number of rotatable bonds is 5. The van der Waals surface area contributed by atoms with Crippen molar-refractivity contribution in [3.05, 3.63) is 0 Å². The summed E-state index contributed by atoms with van der Waals surface area (Å²) in [5.41, 5.74) is 0. The van der Waals surface area contributed by atoms with Crippen molar-refractivity contribution in [1.29, 1.82) is 0 Å². The van der Waals surface area contributed by atoms with Gasteiger partial charge in [-0.25, -0.2) is 0 Å². The fraction of sp³-hybridized carbons (Fsp3) is 0.769. The van der Waals surface area contributed by atoms with E-state index in [0.29, 0.717) is 12.6 Å². The van der Waals surface area contributed by atoms with Crippen LogP contribution in [0.1, 0.15) is 32.6 Å². The highest BCUT2D eigenvalue weighted by molar-refractivity contribution is 5.78. The monoisotopic (exact) mass is 238 g/mol. The molecule has 1 fully saturated rings. The van der Waals surface area contributed by atoms with Crippen molar-refractivity contribution in [3.63, 3.8) is 0 Å². The molecule has 4 nitrogen and oxygen atoms in total. The second-order valence-corrected chi connectivity index (χ2v) is 4.69. The quantitative estimate of drug-likeness (QED) is 0.680. The zero-order valence-electron chi connectivity index (χ0n) is 10.5. The zero-order valence-corrected chi connectivity index (χ0v) is 10.5. The Morgan fingerprint density at radius 2 is 2.41 bits per heavy atom. The molecule has 0 radical (unpaired) electrons. The van der Waals surface area contributed by atoms with Crippen LogP contribution in [-0.4, -0.2) is 47.7 Å². The fourth-order valence-corrected chi connectivity index (χ4v) is 2.32. The number of likely N-dealkylation sites (tertiary alicyclic amines) is 1. The summed E-state index contributed by atoms with van der Waals surface area (Å²) < 4.78 is 0. The molecule has 4 heteroatoms. The minimum Gasteiger partial charge on any atom is -0.393 e. The van der Waals surface area contributed by atoms with Crippen molar-refractivity contribution in [2.45, 2.75) is 44.8 Å². The molecule has 0 aromatic heterocycles. The average Bonchev–Trinajstić information content (AvgIpc) is 2.28. The van der Waals surface area contributed by atoms with E-state index in [4.69, 9.17) is 6.42 Å². The van der Waals surface area contributed by atoms with Gasteiger partial charge in [0.1, 0.15) is 0 Å². The first-order chi connectivity index (χ1) is 8.13. The van der Waals surface area contributed by atoms with Gasteiger partial charge in [-0.1, -0.05) is 12.3 Å². The number of piperidine rings is 1. The standard InChI is InChI=1S/C13H22N2O2/c1-3-7-14-13(17)10-15-8-5-4-6-12(15)9-11(2)16/h1,11-12,16H,4-10H2,2H3,(H,14,17). The highest BCUT2D eigenvalue weighted by Gasteiger charge is 2.24. The van der Waals surface area contributed by atoms with Gasteiger partial charge < -0.3 is 10.4 Å². The lowest BCUT2D eigenvalue weighted by Crippen LogP contribution is -2.46. The van der Waals surface area contributed by atoms with Crippen LogP contribution in [0, 0.1) is 12.3 Å². The summed E-state index contributed by atoms with van der Waals surface area (Å²) in [5, 5.41) is 12.1. The van der Waals surface area contributed by atoms with E-state index in [0.717, 1.165) is 25.8 Å². The average molecular weight is 238 g/mol. The van der Waals surface area contributed by atoms with E-state index in [-0.39, 0.29) is 18.6 Å². The van der Waals surface area contributed by atoms with Gasteiger partial charge in [-0.05, 0) is 32.7 Å². The number of amides is 1. The topological polar surface area (TPSA) is 52.6 Å². The predicted octanol–water partition coefficient (Wildman–Crippen LogP) is 0.361. The summed E-state index contributed by atoms with van der Waals surface area (Å²) in [4.78, 5) is 13.7. The second-order valence-electron chi connectivity index (χ2n) is 4.69. The molecule has 0 saturated carbocycles. The lowest BCUT2D eigenvalue weighted by atomic mass is 9.97. The van der Waals surface area contributed by atoms with Crippen molar-refractivity contribution in [1.82, 2.24) is 10.2 Å². The van der Waals surface area contributed by atoms with Gasteiger partial charge in [0.2, 0.25) is 5.91 Å². The van der Waals surface area contributed by atoms with Crippen LogP contribution in [0.25, 0.3) is 0 Å². The van der Waals surface area contributed by atoms with Gasteiger partial charge in [0.25, 0.3) is 0 Å². The van der Waals surface area contributed by atoms with E-state index in [1.165, 1.54) is 6.42 Å². The molecule has 0 spiro atoms. The number of nitrogens with zero attached hydrogens (tertiary/aromatic N) is 1. The largest absolute Gasteiger partial charge is 0.393 e. The van der Waals surface area contributed by atoms with Gasteiger partial charge in [0.15, 0.2) is 0 Å². The van der Waals surface area contributed by atoms with Crippen LogP contribution in [0.2, 0.25) is 0 Å². The molecule has 2 N–H and O–H groups in total. The normalized spacial score (nSPS) is 22.8. The Morgan fingerprint density at radius 1 is 1.65 bits per heavy atom. The molecule has 1 heterocycles. The summed E-state index contributed by atoms with van der Waals surface area (Å²) in [6.45, 7) is 3.40. The molecule has 0 aromatic rings. The van der Waals surface area contributed by atoms with Gasteiger partial charge in [-0.15, -0.1) is 6.42 Å². The van der Waals surface area contributed by atoms with E-state index < -0.39 is 0 Å². The fourth-order valence-electron chi connectivity index (χ4n) is 2.32. The third-order valence-electron chi connectivity index (χ3n) is 3.10. The highest BCUT2D eigenvalue weighted by atomic mass is 16.3. The number of nitrogens with one attached hydrogen (secondary N) is 1. The summed E-state index contributed by atoms with van der Waals surface area (Å²) in [5.74, 6) is 2.36. The lowest BCUT2D eigenvalue weighted by Gasteiger charge is -2.35.